The molecule has 1 fully saturated rings. The second-order valence-electron chi connectivity index (χ2n) is 4.31. The summed E-state index contributed by atoms with van der Waals surface area (Å²) in [4.78, 5) is 25.2. The van der Waals surface area contributed by atoms with Gasteiger partial charge in [-0.15, -0.1) is 0 Å². The minimum Gasteiger partial charge on any atom is -0.396 e. The van der Waals surface area contributed by atoms with Gasteiger partial charge in [0.25, 0.3) is 0 Å². The van der Waals surface area contributed by atoms with E-state index in [0.717, 1.165) is 19.3 Å². The monoisotopic (exact) mass is 273 g/mol. The van der Waals surface area contributed by atoms with E-state index in [9.17, 15) is 9.59 Å². The number of piperidine rings is 1. The summed E-state index contributed by atoms with van der Waals surface area (Å²) in [5, 5.41) is 11.3. The first-order valence-electron chi connectivity index (χ1n) is 6.04. The average molecular weight is 273 g/mol. The minimum absolute atomic E-state index is 0.0168. The van der Waals surface area contributed by atoms with Crippen molar-refractivity contribution >= 4 is 29.0 Å². The van der Waals surface area contributed by atoms with Crippen LogP contribution in [-0.4, -0.2) is 52.5 Å². The summed E-state index contributed by atoms with van der Waals surface area (Å²) in [6.07, 6.45) is 3.24. The fraction of sp³-hybridized carbons (Fsp3) is 0.727. The van der Waals surface area contributed by atoms with E-state index in [1.165, 1.54) is 4.90 Å². The van der Waals surface area contributed by atoms with Gasteiger partial charge in [0.15, 0.2) is 0 Å². The maximum Gasteiger partial charge on any atom is 0.312 e. The summed E-state index contributed by atoms with van der Waals surface area (Å²) in [7, 11) is 0. The number of nitrogens with one attached hydrogen (secondary N) is 1. The summed E-state index contributed by atoms with van der Waals surface area (Å²) in [6, 6.07) is -0.0492. The molecule has 0 aliphatic carbocycles. The van der Waals surface area contributed by atoms with Crippen LogP contribution in [0.25, 0.3) is 0 Å². The SMILES string of the molecule is NC(=S)CNC(=O)C(=O)N1CCCCC1CCO. The zero-order chi connectivity index (χ0) is 13.5. The van der Waals surface area contributed by atoms with E-state index in [-0.39, 0.29) is 24.2 Å². The first kappa shape index (κ1) is 14.8. The van der Waals surface area contributed by atoms with E-state index in [4.69, 9.17) is 10.8 Å². The lowest BCUT2D eigenvalue weighted by Crippen LogP contribution is -2.51. The van der Waals surface area contributed by atoms with Gasteiger partial charge in [0.2, 0.25) is 0 Å². The summed E-state index contributed by atoms with van der Waals surface area (Å²) in [5.74, 6) is -1.25. The Hall–Kier alpha value is -1.21. The Bertz CT molecular complexity index is 333. The average Bonchev–Trinajstić information content (AvgIpc) is 2.36. The maximum atomic E-state index is 11.9. The number of hydrogen-bond donors (Lipinski definition) is 3. The van der Waals surface area contributed by atoms with Crippen LogP contribution in [0.4, 0.5) is 0 Å². The van der Waals surface area contributed by atoms with Gasteiger partial charge in [-0.1, -0.05) is 12.2 Å². The summed E-state index contributed by atoms with van der Waals surface area (Å²) < 4.78 is 0. The molecule has 4 N–H and O–H groups in total. The number of thiocarbonyl (C=S) groups is 1. The highest BCUT2D eigenvalue weighted by Gasteiger charge is 2.30. The van der Waals surface area contributed by atoms with Gasteiger partial charge in [-0.05, 0) is 25.7 Å². The first-order chi connectivity index (χ1) is 8.56. The largest absolute Gasteiger partial charge is 0.396 e. The van der Waals surface area contributed by atoms with Gasteiger partial charge in [0, 0.05) is 19.2 Å². The van der Waals surface area contributed by atoms with E-state index < -0.39 is 11.8 Å². The highest BCUT2D eigenvalue weighted by atomic mass is 32.1. The molecule has 6 nitrogen and oxygen atoms in total. The number of nitrogens with zero attached hydrogens (tertiary/aromatic N) is 1. The second-order valence-corrected chi connectivity index (χ2v) is 4.83. The van der Waals surface area contributed by atoms with E-state index in [0.29, 0.717) is 13.0 Å². The van der Waals surface area contributed by atoms with Gasteiger partial charge in [0.05, 0.1) is 11.5 Å². The number of nitrogens with two attached hydrogens (primary N) is 1. The van der Waals surface area contributed by atoms with Crippen molar-refractivity contribution in [3.8, 4) is 0 Å². The van der Waals surface area contributed by atoms with Crippen LogP contribution < -0.4 is 11.1 Å². The predicted molar refractivity (Wildman–Crippen MR) is 70.8 cm³/mol. The van der Waals surface area contributed by atoms with Gasteiger partial charge < -0.3 is 21.1 Å². The molecule has 0 radical (unpaired) electrons. The molecule has 1 rings (SSSR count). The molecule has 2 amide bonds. The van der Waals surface area contributed by atoms with Crippen molar-refractivity contribution in [2.75, 3.05) is 19.7 Å². The van der Waals surface area contributed by atoms with Crippen LogP contribution in [-0.2, 0) is 9.59 Å². The summed E-state index contributed by atoms with van der Waals surface area (Å²) in [6.45, 7) is 0.603. The fourth-order valence-electron chi connectivity index (χ4n) is 2.09. The van der Waals surface area contributed by atoms with Crippen LogP contribution in [0.3, 0.4) is 0 Å². The van der Waals surface area contributed by atoms with E-state index in [2.05, 4.69) is 17.5 Å². The molecule has 0 spiro atoms. The number of likely N-dealkylation sites (tertiary alicyclic amines) is 1. The van der Waals surface area contributed by atoms with Gasteiger partial charge in [0.1, 0.15) is 0 Å². The number of aliphatic hydroxyl groups excluding tert-OH is 1. The quantitative estimate of drug-likeness (QED) is 0.458. The zero-order valence-electron chi connectivity index (χ0n) is 10.2. The lowest BCUT2D eigenvalue weighted by Gasteiger charge is -2.34. The molecule has 0 aromatic rings. The number of carbonyl (C=O) groups is 2. The molecule has 0 aromatic heterocycles. The molecule has 0 saturated carbocycles. The second kappa shape index (κ2) is 7.27. The molecule has 1 saturated heterocycles. The van der Waals surface area contributed by atoms with E-state index in [1.54, 1.807) is 0 Å². The highest BCUT2D eigenvalue weighted by molar-refractivity contribution is 7.80. The third-order valence-corrected chi connectivity index (χ3v) is 3.11. The van der Waals surface area contributed by atoms with Crippen LogP contribution in [0.15, 0.2) is 0 Å². The molecule has 0 aromatic carbocycles. The molecule has 7 heteroatoms. The minimum atomic E-state index is -0.687. The van der Waals surface area contributed by atoms with Crippen LogP contribution in [0.2, 0.25) is 0 Å². The number of amides is 2. The Morgan fingerprint density at radius 1 is 1.44 bits per heavy atom. The van der Waals surface area contributed by atoms with Crippen molar-refractivity contribution in [2.45, 2.75) is 31.7 Å². The summed E-state index contributed by atoms with van der Waals surface area (Å²) >= 11 is 4.63. The standard InChI is InChI=1S/C11H19N3O3S/c12-9(18)7-13-10(16)11(17)14-5-2-1-3-8(14)4-6-15/h8,15H,1-7H2,(H2,12,18)(H,13,16). The Kier molecular flexibility index (Phi) is 6.00. The number of hydrogen-bond acceptors (Lipinski definition) is 4. The van der Waals surface area contributed by atoms with Gasteiger partial charge in [-0.2, -0.15) is 0 Å². The number of carbonyl (C=O) groups excluding carboxylic acids is 2. The van der Waals surface area contributed by atoms with E-state index in [1.807, 2.05) is 0 Å². The first-order valence-corrected chi connectivity index (χ1v) is 6.45. The van der Waals surface area contributed by atoms with Crippen LogP contribution in [0.1, 0.15) is 25.7 Å². The van der Waals surface area contributed by atoms with Crippen LogP contribution in [0.5, 0.6) is 0 Å². The Labute approximate surface area is 112 Å². The van der Waals surface area contributed by atoms with Gasteiger partial charge in [-0.3, -0.25) is 9.59 Å². The molecule has 1 aliphatic rings. The third-order valence-electron chi connectivity index (χ3n) is 2.97. The topological polar surface area (TPSA) is 95.7 Å². The molecule has 1 atom stereocenters. The van der Waals surface area contributed by atoms with Crippen molar-refractivity contribution in [1.82, 2.24) is 10.2 Å². The Morgan fingerprint density at radius 2 is 2.17 bits per heavy atom. The molecule has 1 unspecified atom stereocenters. The molecule has 1 aliphatic heterocycles. The van der Waals surface area contributed by atoms with Crippen LogP contribution in [0, 0.1) is 0 Å². The molecule has 102 valence electrons. The van der Waals surface area contributed by atoms with Gasteiger partial charge >= 0.3 is 11.8 Å². The number of aliphatic hydroxyl groups is 1. The predicted octanol–water partition coefficient (Wildman–Crippen LogP) is -0.848. The van der Waals surface area contributed by atoms with Crippen molar-refractivity contribution in [1.29, 1.82) is 0 Å². The molecule has 18 heavy (non-hydrogen) atoms. The lowest BCUT2D eigenvalue weighted by molar-refractivity contribution is -0.148. The lowest BCUT2D eigenvalue weighted by atomic mass is 9.99. The van der Waals surface area contributed by atoms with Crippen LogP contribution >= 0.6 is 12.2 Å². The normalized spacial score (nSPS) is 19.4. The molecule has 1 heterocycles. The Morgan fingerprint density at radius 3 is 2.78 bits per heavy atom. The maximum absolute atomic E-state index is 11.9. The van der Waals surface area contributed by atoms with Crippen molar-refractivity contribution in [3.63, 3.8) is 0 Å². The number of rotatable bonds is 4. The van der Waals surface area contributed by atoms with Crippen molar-refractivity contribution in [3.05, 3.63) is 0 Å². The molecular formula is C11H19N3O3S. The fourth-order valence-corrected chi connectivity index (χ4v) is 2.16. The molecule has 0 bridgehead atoms. The smallest absolute Gasteiger partial charge is 0.312 e. The highest BCUT2D eigenvalue weighted by Crippen LogP contribution is 2.19. The summed E-state index contributed by atoms with van der Waals surface area (Å²) in [5.41, 5.74) is 5.25. The van der Waals surface area contributed by atoms with Crippen molar-refractivity contribution < 1.29 is 14.7 Å². The Balaban J connectivity index is 2.56. The molecular weight excluding hydrogens is 254 g/mol. The van der Waals surface area contributed by atoms with E-state index >= 15 is 0 Å². The third kappa shape index (κ3) is 4.23. The zero-order valence-corrected chi connectivity index (χ0v) is 11.0. The van der Waals surface area contributed by atoms with Crippen molar-refractivity contribution in [2.24, 2.45) is 5.73 Å². The van der Waals surface area contributed by atoms with Gasteiger partial charge in [-0.25, -0.2) is 0 Å².